The maximum atomic E-state index is 10.3. The summed E-state index contributed by atoms with van der Waals surface area (Å²) >= 11 is 0. The maximum absolute atomic E-state index is 10.3. The summed E-state index contributed by atoms with van der Waals surface area (Å²) in [6.07, 6.45) is 3.86. The van der Waals surface area contributed by atoms with Crippen molar-refractivity contribution in [2.45, 2.75) is 19.8 Å². The standard InChI is InChI=1S/C20H20N4O2.CH2O2/c1-13-18-12-14(9-10-17(18)20(21)23-22-13)15-6-4-5-11-26-24(25)19-8-3-2-7-16(15)19;2-1-3/h2-3,6-10,12,25H,4-5,11H2,1H3,(H2,21,23);1H,(H,2,3). The van der Waals surface area contributed by atoms with E-state index in [2.05, 4.69) is 22.3 Å². The molecule has 1 aromatic heterocycles. The lowest BCUT2D eigenvalue weighted by Crippen LogP contribution is -2.20. The van der Waals surface area contributed by atoms with E-state index in [-0.39, 0.29) is 6.47 Å². The van der Waals surface area contributed by atoms with Crippen LogP contribution in [0.1, 0.15) is 29.7 Å². The first kappa shape index (κ1) is 20.2. The number of rotatable bonds is 1. The molecule has 0 aliphatic carbocycles. The zero-order valence-corrected chi connectivity index (χ0v) is 15.9. The van der Waals surface area contributed by atoms with Crippen LogP contribution < -0.4 is 11.0 Å². The zero-order chi connectivity index (χ0) is 20.8. The fourth-order valence-electron chi connectivity index (χ4n) is 3.27. The molecule has 0 unspecified atom stereocenters. The molecule has 0 radical (unpaired) electrons. The highest BCUT2D eigenvalue weighted by Gasteiger charge is 2.17. The van der Waals surface area contributed by atoms with Gasteiger partial charge in [0.15, 0.2) is 5.82 Å². The maximum Gasteiger partial charge on any atom is 0.290 e. The molecular formula is C21H22N4O4. The number of anilines is 2. The molecule has 8 nitrogen and oxygen atoms in total. The van der Waals surface area contributed by atoms with E-state index in [1.54, 1.807) is 0 Å². The van der Waals surface area contributed by atoms with E-state index in [4.69, 9.17) is 20.5 Å². The molecule has 0 saturated heterocycles. The minimum Gasteiger partial charge on any atom is -0.483 e. The molecule has 1 aliphatic rings. The molecule has 4 rings (SSSR count). The summed E-state index contributed by atoms with van der Waals surface area (Å²) in [4.78, 5) is 13.8. The molecule has 1 aliphatic heterocycles. The number of allylic oxidation sites excluding steroid dienone is 1. The van der Waals surface area contributed by atoms with Crippen molar-refractivity contribution in [3.05, 3.63) is 65.4 Å². The molecule has 2 heterocycles. The molecule has 0 atom stereocenters. The highest BCUT2D eigenvalue weighted by atomic mass is 16.9. The number of aryl methyl sites for hydroxylation is 1. The van der Waals surface area contributed by atoms with E-state index in [9.17, 15) is 5.21 Å². The molecule has 150 valence electrons. The van der Waals surface area contributed by atoms with Gasteiger partial charge in [-0.2, -0.15) is 5.10 Å². The van der Waals surface area contributed by atoms with Crippen molar-refractivity contribution < 1.29 is 19.9 Å². The molecule has 4 N–H and O–H groups in total. The van der Waals surface area contributed by atoms with Crippen molar-refractivity contribution >= 4 is 34.3 Å². The van der Waals surface area contributed by atoms with Crippen LogP contribution in [0.4, 0.5) is 11.5 Å². The zero-order valence-electron chi connectivity index (χ0n) is 15.9. The molecule has 0 saturated carbocycles. The second-order valence-corrected chi connectivity index (χ2v) is 6.42. The first-order valence-electron chi connectivity index (χ1n) is 9.09. The highest BCUT2D eigenvalue weighted by molar-refractivity contribution is 5.96. The average Bonchev–Trinajstić information content (AvgIpc) is 2.81. The van der Waals surface area contributed by atoms with Gasteiger partial charge in [0.25, 0.3) is 6.47 Å². The number of hydrogen-bond donors (Lipinski definition) is 3. The number of fused-ring (bicyclic) bond motifs is 2. The molecule has 8 heteroatoms. The van der Waals surface area contributed by atoms with Crippen molar-refractivity contribution in [2.75, 3.05) is 17.6 Å². The predicted molar refractivity (Wildman–Crippen MR) is 110 cm³/mol. The number of carbonyl (C=O) groups is 1. The van der Waals surface area contributed by atoms with Gasteiger partial charge in [-0.1, -0.05) is 30.3 Å². The molecular weight excluding hydrogens is 372 g/mol. The molecule has 3 aromatic rings. The predicted octanol–water partition coefficient (Wildman–Crippen LogP) is 3.57. The third-order valence-electron chi connectivity index (χ3n) is 4.61. The Balaban J connectivity index is 0.000000755. The SMILES string of the molecule is Cc1nnc(N)c2ccc(C3=CCCCON(O)c4ccccc43)cc12.O=CO. The molecule has 0 bridgehead atoms. The number of para-hydroxylation sites is 1. The molecule has 0 fully saturated rings. The number of nitrogens with zero attached hydrogens (tertiary/aromatic N) is 3. The Morgan fingerprint density at radius 1 is 1.17 bits per heavy atom. The van der Waals surface area contributed by atoms with Crippen LogP contribution in [0.15, 0.2) is 48.5 Å². The number of nitrogens with two attached hydrogens (primary N) is 1. The fraction of sp³-hybridized carbons (Fsp3) is 0.190. The summed E-state index contributed by atoms with van der Waals surface area (Å²) in [6.45, 7) is 2.13. The van der Waals surface area contributed by atoms with Crippen LogP contribution in [0.2, 0.25) is 0 Å². The van der Waals surface area contributed by atoms with E-state index in [0.29, 0.717) is 18.1 Å². The van der Waals surface area contributed by atoms with Gasteiger partial charge in [0.05, 0.1) is 12.3 Å². The number of aromatic nitrogens is 2. The molecule has 29 heavy (non-hydrogen) atoms. The van der Waals surface area contributed by atoms with Gasteiger partial charge in [0.1, 0.15) is 5.69 Å². The first-order valence-corrected chi connectivity index (χ1v) is 9.09. The van der Waals surface area contributed by atoms with Crippen LogP contribution in [-0.4, -0.2) is 33.6 Å². The number of carboxylic acid groups (broad SMARTS) is 1. The van der Waals surface area contributed by atoms with Gasteiger partial charge in [-0.15, -0.1) is 10.3 Å². The van der Waals surface area contributed by atoms with Crippen molar-refractivity contribution in [3.8, 4) is 0 Å². The van der Waals surface area contributed by atoms with Gasteiger partial charge >= 0.3 is 0 Å². The summed E-state index contributed by atoms with van der Waals surface area (Å²) in [6, 6.07) is 13.7. The van der Waals surface area contributed by atoms with Crippen LogP contribution >= 0.6 is 0 Å². The Morgan fingerprint density at radius 2 is 1.93 bits per heavy atom. The van der Waals surface area contributed by atoms with Crippen molar-refractivity contribution in [1.29, 1.82) is 0 Å². The van der Waals surface area contributed by atoms with Crippen LogP contribution in [0.3, 0.4) is 0 Å². The van der Waals surface area contributed by atoms with Crippen LogP contribution in [-0.2, 0) is 9.63 Å². The Kier molecular flexibility index (Phi) is 6.38. The summed E-state index contributed by atoms with van der Waals surface area (Å²) in [7, 11) is 0. The van der Waals surface area contributed by atoms with Gasteiger partial charge in [-0.05, 0) is 49.1 Å². The second kappa shape index (κ2) is 9.13. The van der Waals surface area contributed by atoms with E-state index in [1.807, 2.05) is 43.3 Å². The van der Waals surface area contributed by atoms with Gasteiger partial charge in [-0.3, -0.25) is 10.0 Å². The highest BCUT2D eigenvalue weighted by Crippen LogP contribution is 2.35. The average molecular weight is 394 g/mol. The Bertz CT molecular complexity index is 1050. The number of nitrogen functional groups attached to an aromatic ring is 1. The summed E-state index contributed by atoms with van der Waals surface area (Å²) in [5.41, 5.74) is 10.4. The third-order valence-corrected chi connectivity index (χ3v) is 4.61. The van der Waals surface area contributed by atoms with Crippen LogP contribution in [0, 0.1) is 6.92 Å². The van der Waals surface area contributed by atoms with E-state index in [1.165, 1.54) is 0 Å². The Labute approximate surface area is 167 Å². The van der Waals surface area contributed by atoms with Crippen molar-refractivity contribution in [3.63, 3.8) is 0 Å². The molecule has 0 spiro atoms. The quantitative estimate of drug-likeness (QED) is 0.536. The number of hydrogen-bond acceptors (Lipinski definition) is 7. The Hall–Kier alpha value is -3.49. The van der Waals surface area contributed by atoms with Crippen LogP contribution in [0.5, 0.6) is 0 Å². The summed E-state index contributed by atoms with van der Waals surface area (Å²) in [5.74, 6) is 0.427. The van der Waals surface area contributed by atoms with E-state index >= 15 is 0 Å². The normalized spacial score (nSPS) is 13.9. The van der Waals surface area contributed by atoms with E-state index < -0.39 is 0 Å². The smallest absolute Gasteiger partial charge is 0.290 e. The third kappa shape index (κ3) is 4.34. The van der Waals surface area contributed by atoms with Gasteiger partial charge in [-0.25, -0.2) is 4.84 Å². The minimum absolute atomic E-state index is 0.250. The number of benzene rings is 2. The summed E-state index contributed by atoms with van der Waals surface area (Å²) < 4.78 is 0. The second-order valence-electron chi connectivity index (χ2n) is 6.42. The molecule has 0 amide bonds. The lowest BCUT2D eigenvalue weighted by Gasteiger charge is -2.19. The van der Waals surface area contributed by atoms with Gasteiger partial charge in [0, 0.05) is 16.3 Å². The lowest BCUT2D eigenvalue weighted by atomic mass is 9.93. The van der Waals surface area contributed by atoms with Gasteiger partial charge in [0.2, 0.25) is 0 Å². The minimum atomic E-state index is -0.250. The largest absolute Gasteiger partial charge is 0.483 e. The topological polar surface area (TPSA) is 122 Å². The summed E-state index contributed by atoms with van der Waals surface area (Å²) in [5, 5.41) is 28.0. The van der Waals surface area contributed by atoms with Crippen LogP contribution in [0.25, 0.3) is 16.3 Å². The van der Waals surface area contributed by atoms with Crippen molar-refractivity contribution in [1.82, 2.24) is 10.2 Å². The first-order chi connectivity index (χ1) is 14.1. The fourth-order valence-corrected chi connectivity index (χ4v) is 3.27. The van der Waals surface area contributed by atoms with Gasteiger partial charge < -0.3 is 10.8 Å². The molecule has 2 aromatic carbocycles. The Morgan fingerprint density at radius 3 is 2.72 bits per heavy atom. The monoisotopic (exact) mass is 394 g/mol. The lowest BCUT2D eigenvalue weighted by molar-refractivity contribution is -0.122. The van der Waals surface area contributed by atoms with E-state index in [0.717, 1.165) is 51.2 Å². The van der Waals surface area contributed by atoms with Crippen molar-refractivity contribution in [2.24, 2.45) is 0 Å².